The van der Waals surface area contributed by atoms with Crippen molar-refractivity contribution in [1.82, 2.24) is 19.4 Å². The largest absolute Gasteiger partial charge is 0.495 e. The molecule has 0 atom stereocenters. The molecule has 204 valence electrons. The molecule has 7 nitrogen and oxygen atoms in total. The van der Waals surface area contributed by atoms with Gasteiger partial charge in [0, 0.05) is 68.8 Å². The second kappa shape index (κ2) is 11.7. The third-order valence-electron chi connectivity index (χ3n) is 7.99. The molecule has 1 saturated heterocycles. The van der Waals surface area contributed by atoms with E-state index in [9.17, 15) is 4.79 Å². The summed E-state index contributed by atoms with van der Waals surface area (Å²) >= 11 is 7.71. The molecule has 0 amide bonds. The lowest BCUT2D eigenvalue weighted by Crippen LogP contribution is -2.47. The van der Waals surface area contributed by atoms with E-state index in [1.165, 1.54) is 16.0 Å². The number of methoxy groups -OCH3 is 1. The number of rotatable bonds is 8. The van der Waals surface area contributed by atoms with Crippen LogP contribution in [0.5, 0.6) is 5.75 Å². The Balaban J connectivity index is 1.07. The maximum Gasteiger partial charge on any atom is 0.262 e. The third kappa shape index (κ3) is 5.70. The molecule has 2 aliphatic heterocycles. The molecule has 0 N–H and O–H groups in total. The van der Waals surface area contributed by atoms with Gasteiger partial charge in [-0.1, -0.05) is 35.9 Å². The predicted molar refractivity (Wildman–Crippen MR) is 160 cm³/mol. The van der Waals surface area contributed by atoms with Gasteiger partial charge in [0.1, 0.15) is 10.6 Å². The van der Waals surface area contributed by atoms with E-state index in [4.69, 9.17) is 21.3 Å². The van der Waals surface area contributed by atoms with Crippen LogP contribution in [0.25, 0.3) is 10.2 Å². The van der Waals surface area contributed by atoms with Gasteiger partial charge in [0.15, 0.2) is 0 Å². The molecule has 0 radical (unpaired) electrons. The van der Waals surface area contributed by atoms with Crippen molar-refractivity contribution in [1.29, 1.82) is 0 Å². The number of piperazine rings is 1. The molecule has 9 heteroatoms. The minimum atomic E-state index is 0.111. The van der Waals surface area contributed by atoms with Crippen LogP contribution in [0.4, 0.5) is 5.69 Å². The van der Waals surface area contributed by atoms with E-state index in [-0.39, 0.29) is 5.56 Å². The maximum absolute atomic E-state index is 13.5. The van der Waals surface area contributed by atoms with Gasteiger partial charge in [-0.2, -0.15) is 0 Å². The summed E-state index contributed by atoms with van der Waals surface area (Å²) in [6.45, 7) is 8.17. The Hall–Kier alpha value is -2.91. The van der Waals surface area contributed by atoms with Gasteiger partial charge >= 0.3 is 0 Å². The van der Waals surface area contributed by atoms with Crippen LogP contribution in [0.15, 0.2) is 59.7 Å². The summed E-state index contributed by atoms with van der Waals surface area (Å²) in [5.41, 5.74) is 3.78. The SMILES string of the molecule is COc1ccccc1N1CCN(CCn2cnc3sc4c(c3c2=O)CCN(CCc2ccc(Cl)cc2)C4)CC1. The van der Waals surface area contributed by atoms with Gasteiger partial charge < -0.3 is 9.64 Å². The molecule has 0 bridgehead atoms. The summed E-state index contributed by atoms with van der Waals surface area (Å²) < 4.78 is 7.36. The molecule has 0 spiro atoms. The number of aromatic nitrogens is 2. The first-order chi connectivity index (χ1) is 19.1. The van der Waals surface area contributed by atoms with Crippen LogP contribution in [0.3, 0.4) is 0 Å². The highest BCUT2D eigenvalue weighted by Gasteiger charge is 2.24. The molecule has 0 unspecified atom stereocenters. The normalized spacial score (nSPS) is 16.5. The van der Waals surface area contributed by atoms with E-state index in [1.54, 1.807) is 24.8 Å². The monoisotopic (exact) mass is 563 g/mol. The summed E-state index contributed by atoms with van der Waals surface area (Å²) in [5, 5.41) is 1.62. The number of thiophene rings is 1. The lowest BCUT2D eigenvalue weighted by atomic mass is 10.0. The Morgan fingerprint density at radius 2 is 1.74 bits per heavy atom. The van der Waals surface area contributed by atoms with Gasteiger partial charge in [0.05, 0.1) is 24.5 Å². The number of hydrogen-bond donors (Lipinski definition) is 0. The van der Waals surface area contributed by atoms with Gasteiger partial charge in [0.25, 0.3) is 5.56 Å². The lowest BCUT2D eigenvalue weighted by Gasteiger charge is -2.36. The molecule has 6 rings (SSSR count). The fourth-order valence-electron chi connectivity index (χ4n) is 5.71. The van der Waals surface area contributed by atoms with E-state index in [0.717, 1.165) is 91.9 Å². The molecule has 0 saturated carbocycles. The summed E-state index contributed by atoms with van der Waals surface area (Å²) in [6, 6.07) is 16.3. The maximum atomic E-state index is 13.5. The smallest absolute Gasteiger partial charge is 0.262 e. The van der Waals surface area contributed by atoms with Crippen LogP contribution in [0.2, 0.25) is 5.02 Å². The van der Waals surface area contributed by atoms with Crippen LogP contribution in [-0.4, -0.2) is 72.3 Å². The first-order valence-corrected chi connectivity index (χ1v) is 14.9. The van der Waals surface area contributed by atoms with Crippen LogP contribution in [-0.2, 0) is 25.9 Å². The van der Waals surface area contributed by atoms with Gasteiger partial charge in [-0.05, 0) is 48.2 Å². The van der Waals surface area contributed by atoms with E-state index >= 15 is 0 Å². The quantitative estimate of drug-likeness (QED) is 0.314. The average Bonchev–Trinajstić information content (AvgIpc) is 3.35. The first kappa shape index (κ1) is 26.3. The van der Waals surface area contributed by atoms with Gasteiger partial charge in [0.2, 0.25) is 0 Å². The Kier molecular flexibility index (Phi) is 7.88. The minimum absolute atomic E-state index is 0.111. The third-order valence-corrected chi connectivity index (χ3v) is 9.37. The van der Waals surface area contributed by atoms with E-state index in [1.807, 2.05) is 28.8 Å². The van der Waals surface area contributed by atoms with Crippen molar-refractivity contribution >= 4 is 38.8 Å². The summed E-state index contributed by atoms with van der Waals surface area (Å²) in [7, 11) is 1.72. The molecule has 1 fully saturated rings. The van der Waals surface area contributed by atoms with Crippen LogP contribution < -0.4 is 15.2 Å². The number of nitrogens with zero attached hydrogens (tertiary/aromatic N) is 5. The molecule has 4 aromatic rings. The molecule has 2 aliphatic rings. The van der Waals surface area contributed by atoms with Crippen molar-refractivity contribution in [3.8, 4) is 5.75 Å². The van der Waals surface area contributed by atoms with E-state index < -0.39 is 0 Å². The Labute approximate surface area is 238 Å². The zero-order valence-corrected chi connectivity index (χ0v) is 23.9. The molecule has 0 aliphatic carbocycles. The van der Waals surface area contributed by atoms with Crippen molar-refractivity contribution in [2.45, 2.75) is 25.9 Å². The van der Waals surface area contributed by atoms with Crippen molar-refractivity contribution in [2.24, 2.45) is 0 Å². The second-order valence-corrected chi connectivity index (χ2v) is 11.9. The fraction of sp³-hybridized carbons (Fsp3) is 0.400. The number of benzene rings is 2. The topological polar surface area (TPSA) is 53.8 Å². The number of ether oxygens (including phenoxy) is 1. The van der Waals surface area contributed by atoms with Crippen molar-refractivity contribution in [3.05, 3.63) is 86.2 Å². The molecular weight excluding hydrogens is 530 g/mol. The number of fused-ring (bicyclic) bond motifs is 3. The van der Waals surface area contributed by atoms with Crippen LogP contribution in [0.1, 0.15) is 16.0 Å². The molecule has 2 aromatic heterocycles. The zero-order chi connectivity index (χ0) is 26.8. The van der Waals surface area contributed by atoms with E-state index in [2.05, 4.69) is 39.0 Å². The Morgan fingerprint density at radius 3 is 2.54 bits per heavy atom. The zero-order valence-electron chi connectivity index (χ0n) is 22.3. The van der Waals surface area contributed by atoms with Gasteiger partial charge in [-0.25, -0.2) is 4.98 Å². The summed E-state index contributed by atoms with van der Waals surface area (Å²) in [6.07, 6.45) is 3.65. The summed E-state index contributed by atoms with van der Waals surface area (Å²) in [4.78, 5) is 27.7. The number of anilines is 1. The van der Waals surface area contributed by atoms with Gasteiger partial charge in [-0.3, -0.25) is 19.2 Å². The Morgan fingerprint density at radius 1 is 0.949 bits per heavy atom. The van der Waals surface area contributed by atoms with Crippen molar-refractivity contribution in [3.63, 3.8) is 0 Å². The fourth-order valence-corrected chi connectivity index (χ4v) is 7.06. The lowest BCUT2D eigenvalue weighted by molar-refractivity contribution is 0.246. The van der Waals surface area contributed by atoms with Crippen molar-refractivity contribution < 1.29 is 4.74 Å². The van der Waals surface area contributed by atoms with E-state index in [0.29, 0.717) is 6.54 Å². The van der Waals surface area contributed by atoms with Gasteiger partial charge in [-0.15, -0.1) is 11.3 Å². The number of para-hydroxylation sites is 2. The first-order valence-electron chi connectivity index (χ1n) is 13.7. The predicted octanol–water partition coefficient (Wildman–Crippen LogP) is 4.54. The molecule has 39 heavy (non-hydrogen) atoms. The molecule has 4 heterocycles. The summed E-state index contributed by atoms with van der Waals surface area (Å²) in [5.74, 6) is 0.917. The molecular formula is C30H34ClN5O2S. The highest BCUT2D eigenvalue weighted by Crippen LogP contribution is 2.32. The average molecular weight is 564 g/mol. The molecule has 2 aromatic carbocycles. The van der Waals surface area contributed by atoms with Crippen LogP contribution in [0, 0.1) is 0 Å². The second-order valence-electron chi connectivity index (χ2n) is 10.3. The van der Waals surface area contributed by atoms with Crippen molar-refractivity contribution in [2.75, 3.05) is 57.8 Å². The minimum Gasteiger partial charge on any atom is -0.495 e. The Bertz CT molecular complexity index is 1490. The number of hydrogen-bond acceptors (Lipinski definition) is 7. The highest BCUT2D eigenvalue weighted by molar-refractivity contribution is 7.18. The number of halogens is 1. The van der Waals surface area contributed by atoms with Crippen LogP contribution >= 0.6 is 22.9 Å². The standard InChI is InChI=1S/C30H34ClN5O2S/c1-38-26-5-3-2-4-25(26)35-17-14-33(15-18-35)16-19-36-21-32-29-28(30(36)37)24-11-13-34(20-27(24)39-29)12-10-22-6-8-23(31)9-7-22/h2-9,21H,10-20H2,1H3. The highest BCUT2D eigenvalue weighted by atomic mass is 35.5.